The zero-order valence-electron chi connectivity index (χ0n) is 14.3. The van der Waals surface area contributed by atoms with Crippen LogP contribution in [0.25, 0.3) is 11.4 Å². The lowest BCUT2D eigenvalue weighted by Crippen LogP contribution is -2.40. The SMILES string of the molecule is CCNC(=O)C1CCN(Cc2nc(-c3ccccc3C)no2)CC1. The maximum Gasteiger partial charge on any atom is 0.241 e. The summed E-state index contributed by atoms with van der Waals surface area (Å²) in [6.07, 6.45) is 1.76. The minimum atomic E-state index is 0.131. The van der Waals surface area contributed by atoms with Crippen molar-refractivity contribution in [2.45, 2.75) is 33.2 Å². The molecule has 1 fully saturated rings. The van der Waals surface area contributed by atoms with Crippen LogP contribution in [0.1, 0.15) is 31.2 Å². The highest BCUT2D eigenvalue weighted by molar-refractivity contribution is 5.78. The predicted molar refractivity (Wildman–Crippen MR) is 91.2 cm³/mol. The number of carbonyl (C=O) groups is 1. The summed E-state index contributed by atoms with van der Waals surface area (Å²) < 4.78 is 5.41. The molecule has 1 saturated heterocycles. The minimum absolute atomic E-state index is 0.131. The van der Waals surface area contributed by atoms with E-state index < -0.39 is 0 Å². The number of hydrogen-bond acceptors (Lipinski definition) is 5. The van der Waals surface area contributed by atoms with Crippen molar-refractivity contribution in [3.05, 3.63) is 35.7 Å². The summed E-state index contributed by atoms with van der Waals surface area (Å²) in [5.41, 5.74) is 2.13. The van der Waals surface area contributed by atoms with Gasteiger partial charge in [-0.25, -0.2) is 0 Å². The molecule has 0 saturated carbocycles. The number of nitrogens with one attached hydrogen (secondary N) is 1. The van der Waals surface area contributed by atoms with Gasteiger partial charge in [0, 0.05) is 18.0 Å². The molecule has 1 amide bonds. The Labute approximate surface area is 142 Å². The summed E-state index contributed by atoms with van der Waals surface area (Å²) in [6.45, 7) is 7.09. The van der Waals surface area contributed by atoms with Crippen molar-refractivity contribution in [3.63, 3.8) is 0 Å². The number of benzene rings is 1. The quantitative estimate of drug-likeness (QED) is 0.912. The number of nitrogens with zero attached hydrogens (tertiary/aromatic N) is 3. The molecule has 0 spiro atoms. The maximum absolute atomic E-state index is 11.9. The predicted octanol–water partition coefficient (Wildman–Crippen LogP) is 2.39. The molecule has 3 rings (SSSR count). The van der Waals surface area contributed by atoms with Crippen LogP contribution >= 0.6 is 0 Å². The lowest BCUT2D eigenvalue weighted by Gasteiger charge is -2.30. The normalized spacial score (nSPS) is 16.2. The van der Waals surface area contributed by atoms with Crippen LogP contribution in [0.15, 0.2) is 28.8 Å². The Balaban J connectivity index is 1.57. The van der Waals surface area contributed by atoms with E-state index in [0.29, 0.717) is 24.8 Å². The van der Waals surface area contributed by atoms with Crippen LogP contribution in [0.4, 0.5) is 0 Å². The topological polar surface area (TPSA) is 71.3 Å². The van der Waals surface area contributed by atoms with Crippen LogP contribution in [0.3, 0.4) is 0 Å². The van der Waals surface area contributed by atoms with Gasteiger partial charge in [0.15, 0.2) is 0 Å². The van der Waals surface area contributed by atoms with Gasteiger partial charge in [0.1, 0.15) is 0 Å². The number of amides is 1. The molecule has 0 radical (unpaired) electrons. The first kappa shape index (κ1) is 16.6. The number of aryl methyl sites for hydroxylation is 1. The standard InChI is InChI=1S/C18H24N4O2/c1-3-19-18(23)14-8-10-22(11-9-14)12-16-20-17(21-24-16)15-7-5-4-6-13(15)2/h4-7,14H,3,8-12H2,1-2H3,(H,19,23). The van der Waals surface area contributed by atoms with Gasteiger partial charge in [-0.3, -0.25) is 9.69 Å². The zero-order chi connectivity index (χ0) is 16.9. The van der Waals surface area contributed by atoms with Gasteiger partial charge in [-0.1, -0.05) is 29.4 Å². The molecule has 1 N–H and O–H groups in total. The molecule has 0 bridgehead atoms. The number of likely N-dealkylation sites (tertiary alicyclic amines) is 1. The fourth-order valence-electron chi connectivity index (χ4n) is 3.12. The molecule has 6 heteroatoms. The van der Waals surface area contributed by atoms with Gasteiger partial charge in [0.2, 0.25) is 17.6 Å². The number of rotatable bonds is 5. The molecule has 2 aromatic rings. The van der Waals surface area contributed by atoms with E-state index in [0.717, 1.165) is 37.1 Å². The molecule has 6 nitrogen and oxygen atoms in total. The first-order chi connectivity index (χ1) is 11.7. The van der Waals surface area contributed by atoms with Crippen LogP contribution in [0, 0.1) is 12.8 Å². The fourth-order valence-corrected chi connectivity index (χ4v) is 3.12. The Hall–Kier alpha value is -2.21. The fraction of sp³-hybridized carbons (Fsp3) is 0.500. The van der Waals surface area contributed by atoms with Crippen molar-refractivity contribution >= 4 is 5.91 Å². The third kappa shape index (κ3) is 3.82. The van der Waals surface area contributed by atoms with E-state index in [1.165, 1.54) is 0 Å². The molecule has 1 aliphatic rings. The van der Waals surface area contributed by atoms with Gasteiger partial charge >= 0.3 is 0 Å². The summed E-state index contributed by atoms with van der Waals surface area (Å²) in [7, 11) is 0. The maximum atomic E-state index is 11.9. The van der Waals surface area contributed by atoms with Crippen molar-refractivity contribution in [2.24, 2.45) is 5.92 Å². The molecule has 128 valence electrons. The summed E-state index contributed by atoms with van der Waals surface area (Å²) in [4.78, 5) is 18.7. The first-order valence-electron chi connectivity index (χ1n) is 8.56. The van der Waals surface area contributed by atoms with Gasteiger partial charge in [0.05, 0.1) is 6.54 Å². The van der Waals surface area contributed by atoms with Crippen molar-refractivity contribution in [1.82, 2.24) is 20.4 Å². The number of hydrogen-bond donors (Lipinski definition) is 1. The second kappa shape index (κ2) is 7.57. The van der Waals surface area contributed by atoms with Crippen LogP contribution in [0.5, 0.6) is 0 Å². The average molecular weight is 328 g/mol. The lowest BCUT2D eigenvalue weighted by atomic mass is 9.96. The molecule has 2 heterocycles. The summed E-state index contributed by atoms with van der Waals surface area (Å²) in [5, 5.41) is 7.01. The number of aromatic nitrogens is 2. The van der Waals surface area contributed by atoms with Crippen LogP contribution in [0.2, 0.25) is 0 Å². The van der Waals surface area contributed by atoms with Crippen molar-refractivity contribution in [3.8, 4) is 11.4 Å². The smallest absolute Gasteiger partial charge is 0.241 e. The molecular formula is C18H24N4O2. The molecular weight excluding hydrogens is 304 g/mol. The monoisotopic (exact) mass is 328 g/mol. The highest BCUT2D eigenvalue weighted by Gasteiger charge is 2.25. The molecule has 24 heavy (non-hydrogen) atoms. The molecule has 1 aromatic carbocycles. The first-order valence-corrected chi connectivity index (χ1v) is 8.56. The third-order valence-corrected chi connectivity index (χ3v) is 4.52. The van der Waals surface area contributed by atoms with Gasteiger partial charge < -0.3 is 9.84 Å². The zero-order valence-corrected chi connectivity index (χ0v) is 14.3. The highest BCUT2D eigenvalue weighted by atomic mass is 16.5. The second-order valence-electron chi connectivity index (χ2n) is 6.27. The molecule has 0 atom stereocenters. The Bertz CT molecular complexity index is 690. The third-order valence-electron chi connectivity index (χ3n) is 4.52. The average Bonchev–Trinajstić information content (AvgIpc) is 3.04. The van der Waals surface area contributed by atoms with Crippen LogP contribution < -0.4 is 5.32 Å². The highest BCUT2D eigenvalue weighted by Crippen LogP contribution is 2.22. The van der Waals surface area contributed by atoms with E-state index in [4.69, 9.17) is 4.52 Å². The largest absolute Gasteiger partial charge is 0.356 e. The van der Waals surface area contributed by atoms with Crippen LogP contribution in [-0.4, -0.2) is 40.6 Å². The Kier molecular flexibility index (Phi) is 5.25. The number of carbonyl (C=O) groups excluding carboxylic acids is 1. The summed E-state index contributed by atoms with van der Waals surface area (Å²) in [6, 6.07) is 8.02. The summed E-state index contributed by atoms with van der Waals surface area (Å²) >= 11 is 0. The van der Waals surface area contributed by atoms with E-state index in [1.807, 2.05) is 38.1 Å². The van der Waals surface area contributed by atoms with E-state index in [-0.39, 0.29) is 11.8 Å². The van der Waals surface area contributed by atoms with Crippen LogP contribution in [-0.2, 0) is 11.3 Å². The summed E-state index contributed by atoms with van der Waals surface area (Å²) in [5.74, 6) is 1.58. The van der Waals surface area contributed by atoms with E-state index in [1.54, 1.807) is 0 Å². The minimum Gasteiger partial charge on any atom is -0.356 e. The Morgan fingerprint density at radius 3 is 2.79 bits per heavy atom. The van der Waals surface area contributed by atoms with Gasteiger partial charge in [-0.2, -0.15) is 4.98 Å². The molecule has 1 aromatic heterocycles. The van der Waals surface area contributed by atoms with Gasteiger partial charge in [-0.05, 0) is 45.3 Å². The Morgan fingerprint density at radius 2 is 2.08 bits per heavy atom. The second-order valence-corrected chi connectivity index (χ2v) is 6.27. The lowest BCUT2D eigenvalue weighted by molar-refractivity contribution is -0.126. The Morgan fingerprint density at radius 1 is 1.33 bits per heavy atom. The van der Waals surface area contributed by atoms with E-state index in [2.05, 4.69) is 20.4 Å². The number of piperidine rings is 1. The molecule has 0 unspecified atom stereocenters. The van der Waals surface area contributed by atoms with Crippen molar-refractivity contribution in [2.75, 3.05) is 19.6 Å². The molecule has 0 aliphatic carbocycles. The van der Waals surface area contributed by atoms with Crippen molar-refractivity contribution < 1.29 is 9.32 Å². The van der Waals surface area contributed by atoms with Gasteiger partial charge in [0.25, 0.3) is 0 Å². The molecule has 1 aliphatic heterocycles. The van der Waals surface area contributed by atoms with E-state index in [9.17, 15) is 4.79 Å². The van der Waals surface area contributed by atoms with Gasteiger partial charge in [-0.15, -0.1) is 0 Å². The van der Waals surface area contributed by atoms with E-state index >= 15 is 0 Å². The van der Waals surface area contributed by atoms with Crippen molar-refractivity contribution in [1.29, 1.82) is 0 Å².